The lowest BCUT2D eigenvalue weighted by atomic mass is 10.1. The van der Waals surface area contributed by atoms with E-state index in [0.717, 1.165) is 0 Å². The number of benzene rings is 3. The molecule has 0 radical (unpaired) electrons. The van der Waals surface area contributed by atoms with Crippen molar-refractivity contribution in [1.29, 1.82) is 0 Å². The van der Waals surface area contributed by atoms with Crippen molar-refractivity contribution in [3.05, 3.63) is 89.4 Å². The van der Waals surface area contributed by atoms with Gasteiger partial charge in [0.15, 0.2) is 11.5 Å². The lowest BCUT2D eigenvalue weighted by molar-refractivity contribution is -0.113. The van der Waals surface area contributed by atoms with Gasteiger partial charge < -0.3 is 14.2 Å². The predicted octanol–water partition coefficient (Wildman–Crippen LogP) is 4.69. The van der Waals surface area contributed by atoms with Crippen LogP contribution in [0.15, 0.2) is 77.4 Å². The summed E-state index contributed by atoms with van der Waals surface area (Å²) in [6, 6.07) is 18.4. The number of anilines is 1. The summed E-state index contributed by atoms with van der Waals surface area (Å²) in [4.78, 5) is 19.4. The van der Waals surface area contributed by atoms with E-state index in [1.54, 1.807) is 56.7 Å². The third-order valence-electron chi connectivity index (χ3n) is 5.00. The van der Waals surface area contributed by atoms with Gasteiger partial charge in [0.05, 0.1) is 27.0 Å². The molecule has 0 aromatic heterocycles. The first kappa shape index (κ1) is 21.1. The first-order valence-corrected chi connectivity index (χ1v) is 9.81. The number of ether oxygens (including phenoxy) is 3. The van der Waals surface area contributed by atoms with Crippen molar-refractivity contribution in [3.63, 3.8) is 0 Å². The van der Waals surface area contributed by atoms with Gasteiger partial charge in [-0.1, -0.05) is 24.3 Å². The number of methoxy groups -OCH3 is 3. The number of aliphatic imine (C=N–C) groups is 1. The minimum atomic E-state index is -0.455. The number of amidine groups is 1. The van der Waals surface area contributed by atoms with E-state index in [1.807, 2.05) is 18.2 Å². The number of hydrogen-bond acceptors (Lipinski definition) is 5. The Morgan fingerprint density at radius 3 is 2.31 bits per heavy atom. The summed E-state index contributed by atoms with van der Waals surface area (Å²) in [6.07, 6.45) is 1.65. The van der Waals surface area contributed by atoms with Crippen LogP contribution in [-0.2, 0) is 4.79 Å². The zero-order valence-electron chi connectivity index (χ0n) is 17.8. The number of para-hydroxylation sites is 1. The number of amides is 1. The fourth-order valence-electron chi connectivity index (χ4n) is 3.47. The Labute approximate surface area is 185 Å². The van der Waals surface area contributed by atoms with Gasteiger partial charge in [-0.05, 0) is 48.5 Å². The molecule has 3 aromatic rings. The van der Waals surface area contributed by atoms with Crippen molar-refractivity contribution in [2.24, 2.45) is 4.99 Å². The number of carbonyl (C=O) groups is 1. The van der Waals surface area contributed by atoms with Crippen molar-refractivity contribution in [2.45, 2.75) is 0 Å². The average molecular weight is 432 g/mol. The summed E-state index contributed by atoms with van der Waals surface area (Å²) >= 11 is 0. The van der Waals surface area contributed by atoms with Crippen molar-refractivity contribution >= 4 is 23.5 Å². The molecule has 162 valence electrons. The lowest BCUT2D eigenvalue weighted by Crippen LogP contribution is -2.32. The van der Waals surface area contributed by atoms with E-state index in [2.05, 4.69) is 4.99 Å². The fraction of sp³-hybridized carbons (Fsp3) is 0.120. The molecule has 1 heterocycles. The van der Waals surface area contributed by atoms with Crippen LogP contribution >= 0.6 is 0 Å². The van der Waals surface area contributed by atoms with E-state index in [0.29, 0.717) is 39.9 Å². The van der Waals surface area contributed by atoms with E-state index in [9.17, 15) is 9.18 Å². The zero-order valence-corrected chi connectivity index (χ0v) is 17.8. The van der Waals surface area contributed by atoms with Crippen molar-refractivity contribution in [1.82, 2.24) is 0 Å². The van der Waals surface area contributed by atoms with Gasteiger partial charge in [0.1, 0.15) is 23.1 Å². The molecule has 0 N–H and O–H groups in total. The Morgan fingerprint density at radius 2 is 1.59 bits per heavy atom. The number of rotatable bonds is 6. The van der Waals surface area contributed by atoms with Crippen molar-refractivity contribution < 1.29 is 23.4 Å². The first-order chi connectivity index (χ1) is 15.5. The van der Waals surface area contributed by atoms with E-state index in [4.69, 9.17) is 14.2 Å². The molecule has 0 unspecified atom stereocenters. The van der Waals surface area contributed by atoms with Gasteiger partial charge in [-0.25, -0.2) is 9.38 Å². The highest BCUT2D eigenvalue weighted by atomic mass is 19.1. The van der Waals surface area contributed by atoms with Gasteiger partial charge in [-0.3, -0.25) is 9.69 Å². The number of hydrogen-bond donors (Lipinski definition) is 0. The molecule has 0 saturated carbocycles. The highest BCUT2D eigenvalue weighted by molar-refractivity contribution is 6.33. The quantitative estimate of drug-likeness (QED) is 0.531. The van der Waals surface area contributed by atoms with E-state index >= 15 is 0 Å². The minimum Gasteiger partial charge on any atom is -0.496 e. The topological polar surface area (TPSA) is 60.4 Å². The van der Waals surface area contributed by atoms with Crippen LogP contribution in [0.1, 0.15) is 11.1 Å². The third kappa shape index (κ3) is 3.92. The van der Waals surface area contributed by atoms with Crippen LogP contribution in [-0.4, -0.2) is 33.1 Å². The molecule has 4 rings (SSSR count). The van der Waals surface area contributed by atoms with Gasteiger partial charge >= 0.3 is 0 Å². The van der Waals surface area contributed by atoms with Crippen LogP contribution in [0.4, 0.5) is 10.1 Å². The summed E-state index contributed by atoms with van der Waals surface area (Å²) < 4.78 is 30.1. The largest absolute Gasteiger partial charge is 0.496 e. The molecule has 0 spiro atoms. The molecule has 1 aliphatic heterocycles. The van der Waals surface area contributed by atoms with Crippen LogP contribution in [0.5, 0.6) is 17.2 Å². The summed E-state index contributed by atoms with van der Waals surface area (Å²) in [5.41, 5.74) is 1.88. The fourth-order valence-corrected chi connectivity index (χ4v) is 3.47. The number of carbonyl (C=O) groups excluding carboxylic acids is 1. The molecule has 7 heteroatoms. The summed E-state index contributed by atoms with van der Waals surface area (Å²) in [7, 11) is 4.63. The smallest absolute Gasteiger partial charge is 0.282 e. The molecule has 0 fully saturated rings. The van der Waals surface area contributed by atoms with Crippen LogP contribution in [0.25, 0.3) is 6.08 Å². The van der Waals surface area contributed by atoms with Gasteiger partial charge in [0, 0.05) is 11.1 Å². The summed E-state index contributed by atoms with van der Waals surface area (Å²) in [5.74, 6) is 1.16. The Hall–Kier alpha value is -4.13. The standard InChI is InChI=1S/C25H21FN2O4/c1-30-21-10-5-4-7-16(21)13-20-25(29)28(19-9-6-8-18(26)15-19)24(27-20)17-11-12-22(31-2)23(14-17)32-3/h4-15H,1-3H3. The SMILES string of the molecule is COc1ccccc1C=C1N=C(c2ccc(OC)c(OC)c2)N(c2cccc(F)c2)C1=O. The van der Waals surface area contributed by atoms with Gasteiger partial charge in [-0.15, -0.1) is 0 Å². The van der Waals surface area contributed by atoms with Crippen LogP contribution in [0.2, 0.25) is 0 Å². The van der Waals surface area contributed by atoms with Crippen LogP contribution in [0, 0.1) is 5.82 Å². The summed E-state index contributed by atoms with van der Waals surface area (Å²) in [5, 5.41) is 0. The molecule has 3 aromatic carbocycles. The molecule has 1 aliphatic rings. The molecular weight excluding hydrogens is 411 g/mol. The molecule has 1 amide bonds. The minimum absolute atomic E-state index is 0.198. The normalized spacial score (nSPS) is 14.5. The second-order valence-corrected chi connectivity index (χ2v) is 6.90. The zero-order chi connectivity index (χ0) is 22.7. The maximum Gasteiger partial charge on any atom is 0.282 e. The average Bonchev–Trinajstić information content (AvgIpc) is 3.14. The Kier molecular flexibility index (Phi) is 5.89. The molecule has 0 bridgehead atoms. The van der Waals surface area contributed by atoms with Gasteiger partial charge in [-0.2, -0.15) is 0 Å². The Balaban J connectivity index is 1.87. The molecule has 0 aliphatic carbocycles. The maximum atomic E-state index is 14.0. The number of halogens is 1. The maximum absolute atomic E-state index is 14.0. The molecule has 6 nitrogen and oxygen atoms in total. The predicted molar refractivity (Wildman–Crippen MR) is 121 cm³/mol. The van der Waals surface area contributed by atoms with Gasteiger partial charge in [0.2, 0.25) is 0 Å². The third-order valence-corrected chi connectivity index (χ3v) is 5.00. The second kappa shape index (κ2) is 8.93. The summed E-state index contributed by atoms with van der Waals surface area (Å²) in [6.45, 7) is 0. The highest BCUT2D eigenvalue weighted by Crippen LogP contribution is 2.33. The molecular formula is C25H21FN2O4. The van der Waals surface area contributed by atoms with E-state index in [1.165, 1.54) is 24.1 Å². The monoisotopic (exact) mass is 432 g/mol. The molecule has 0 saturated heterocycles. The first-order valence-electron chi connectivity index (χ1n) is 9.81. The second-order valence-electron chi connectivity index (χ2n) is 6.90. The molecule has 0 atom stereocenters. The van der Waals surface area contributed by atoms with Crippen LogP contribution < -0.4 is 19.1 Å². The lowest BCUT2D eigenvalue weighted by Gasteiger charge is -2.19. The highest BCUT2D eigenvalue weighted by Gasteiger charge is 2.33. The van der Waals surface area contributed by atoms with E-state index in [-0.39, 0.29) is 11.6 Å². The Morgan fingerprint density at radius 1 is 0.844 bits per heavy atom. The molecule has 32 heavy (non-hydrogen) atoms. The number of nitrogens with zero attached hydrogens (tertiary/aromatic N) is 2. The van der Waals surface area contributed by atoms with Crippen molar-refractivity contribution in [3.8, 4) is 17.2 Å². The Bertz CT molecular complexity index is 1240. The van der Waals surface area contributed by atoms with E-state index < -0.39 is 5.82 Å². The van der Waals surface area contributed by atoms with Crippen LogP contribution in [0.3, 0.4) is 0 Å². The van der Waals surface area contributed by atoms with Gasteiger partial charge in [0.25, 0.3) is 5.91 Å². The van der Waals surface area contributed by atoms with Crippen molar-refractivity contribution in [2.75, 3.05) is 26.2 Å².